The average Bonchev–Trinajstić information content (AvgIpc) is 3.11. The molecule has 1 N–H and O–H groups in total. The molecule has 2 aromatic carbocycles. The number of thiophene rings is 1. The van der Waals surface area contributed by atoms with Crippen LogP contribution in [0.5, 0.6) is 0 Å². The molecule has 0 aliphatic carbocycles. The van der Waals surface area contributed by atoms with Gasteiger partial charge in [0, 0.05) is 53.4 Å². The minimum atomic E-state index is -0.172. The number of hydrogen-bond donors (Lipinski definition) is 1. The Balaban J connectivity index is 1.37. The average molecular weight is 370 g/mol. The Morgan fingerprint density at radius 2 is 1.77 bits per heavy atom. The molecule has 0 spiro atoms. The third-order valence-corrected chi connectivity index (χ3v) is 6.17. The lowest BCUT2D eigenvalue weighted by Crippen LogP contribution is -2.47. The van der Waals surface area contributed by atoms with Gasteiger partial charge in [-0.3, -0.25) is 4.90 Å². The number of anilines is 1. The number of piperazine rings is 1. The molecule has 0 bridgehead atoms. The van der Waals surface area contributed by atoms with Gasteiger partial charge in [-0.25, -0.2) is 4.39 Å². The minimum absolute atomic E-state index is 0.107. The van der Waals surface area contributed by atoms with Crippen molar-refractivity contribution < 1.29 is 9.50 Å². The highest BCUT2D eigenvalue weighted by Gasteiger charge is 2.19. The molecule has 0 atom stereocenters. The van der Waals surface area contributed by atoms with Crippen LogP contribution in [0.15, 0.2) is 48.5 Å². The first kappa shape index (κ1) is 17.5. The van der Waals surface area contributed by atoms with Gasteiger partial charge in [-0.15, -0.1) is 11.3 Å². The maximum atomic E-state index is 13.0. The largest absolute Gasteiger partial charge is 0.391 e. The van der Waals surface area contributed by atoms with E-state index >= 15 is 0 Å². The predicted molar refractivity (Wildman–Crippen MR) is 107 cm³/mol. The quantitative estimate of drug-likeness (QED) is 0.738. The van der Waals surface area contributed by atoms with Crippen LogP contribution in [-0.4, -0.2) is 42.7 Å². The molecule has 3 nitrogen and oxygen atoms in total. The number of nitrogens with zero attached hydrogens (tertiary/aromatic N) is 2. The SMILES string of the molecule is OCc1cc2c(N3CCN(CCc4ccc(F)cc4)CC3)cccc2s1. The fourth-order valence-corrected chi connectivity index (χ4v) is 4.55. The van der Waals surface area contributed by atoms with Crippen molar-refractivity contribution in [3.8, 4) is 0 Å². The van der Waals surface area contributed by atoms with Crippen LogP contribution in [-0.2, 0) is 13.0 Å². The molecule has 3 aromatic rings. The van der Waals surface area contributed by atoms with E-state index in [1.54, 1.807) is 11.3 Å². The van der Waals surface area contributed by atoms with Crippen LogP contribution in [0.2, 0.25) is 0 Å². The van der Waals surface area contributed by atoms with Gasteiger partial charge in [0.1, 0.15) is 5.82 Å². The first-order valence-electron chi connectivity index (χ1n) is 9.07. The molecule has 0 amide bonds. The second-order valence-electron chi connectivity index (χ2n) is 6.76. The normalized spacial score (nSPS) is 15.7. The van der Waals surface area contributed by atoms with Crippen molar-refractivity contribution in [3.05, 3.63) is 64.8 Å². The van der Waals surface area contributed by atoms with Gasteiger partial charge < -0.3 is 10.0 Å². The number of hydrogen-bond acceptors (Lipinski definition) is 4. The monoisotopic (exact) mass is 370 g/mol. The molecule has 0 saturated carbocycles. The summed E-state index contributed by atoms with van der Waals surface area (Å²) in [7, 11) is 0. The van der Waals surface area contributed by atoms with Gasteiger partial charge in [0.15, 0.2) is 0 Å². The Labute approximate surface area is 157 Å². The highest BCUT2D eigenvalue weighted by atomic mass is 32.1. The molecule has 1 aromatic heterocycles. The molecule has 5 heteroatoms. The topological polar surface area (TPSA) is 26.7 Å². The lowest BCUT2D eigenvalue weighted by Gasteiger charge is -2.36. The molecule has 1 aliphatic rings. The van der Waals surface area contributed by atoms with E-state index in [1.165, 1.54) is 33.5 Å². The molecule has 4 rings (SSSR count). The number of aliphatic hydroxyl groups excluding tert-OH is 1. The van der Waals surface area contributed by atoms with Gasteiger partial charge in [-0.05, 0) is 42.3 Å². The van der Waals surface area contributed by atoms with Gasteiger partial charge in [-0.2, -0.15) is 0 Å². The third kappa shape index (κ3) is 3.75. The third-order valence-electron chi connectivity index (χ3n) is 5.09. The Kier molecular flexibility index (Phi) is 5.20. The van der Waals surface area contributed by atoms with Crippen molar-refractivity contribution in [2.45, 2.75) is 13.0 Å². The summed E-state index contributed by atoms with van der Waals surface area (Å²) in [5.74, 6) is -0.172. The van der Waals surface area contributed by atoms with Crippen LogP contribution < -0.4 is 4.90 Å². The van der Waals surface area contributed by atoms with Gasteiger partial charge in [0.25, 0.3) is 0 Å². The number of aliphatic hydroxyl groups is 1. The van der Waals surface area contributed by atoms with Gasteiger partial charge >= 0.3 is 0 Å². The van der Waals surface area contributed by atoms with E-state index in [1.807, 2.05) is 12.1 Å². The molecule has 26 heavy (non-hydrogen) atoms. The van der Waals surface area contributed by atoms with Gasteiger partial charge in [0.2, 0.25) is 0 Å². The molecule has 1 fully saturated rings. The van der Waals surface area contributed by atoms with E-state index in [9.17, 15) is 9.50 Å². The van der Waals surface area contributed by atoms with Crippen LogP contribution in [0, 0.1) is 5.82 Å². The molecule has 1 saturated heterocycles. The van der Waals surface area contributed by atoms with Crippen molar-refractivity contribution >= 4 is 27.1 Å². The first-order chi connectivity index (χ1) is 12.7. The van der Waals surface area contributed by atoms with E-state index in [4.69, 9.17) is 0 Å². The van der Waals surface area contributed by atoms with Crippen LogP contribution >= 0.6 is 11.3 Å². The molecule has 2 heterocycles. The first-order valence-corrected chi connectivity index (χ1v) is 9.88. The maximum absolute atomic E-state index is 13.0. The van der Waals surface area contributed by atoms with E-state index in [0.29, 0.717) is 0 Å². The summed E-state index contributed by atoms with van der Waals surface area (Å²) < 4.78 is 14.2. The standard InChI is InChI=1S/C21H23FN2OS/c22-17-6-4-16(5-7-17)8-9-23-10-12-24(13-11-23)20-2-1-3-21-19(20)14-18(15-25)26-21/h1-7,14,25H,8-13,15H2. The summed E-state index contributed by atoms with van der Waals surface area (Å²) in [5.41, 5.74) is 2.46. The number of benzene rings is 2. The zero-order chi connectivity index (χ0) is 17.9. The van der Waals surface area contributed by atoms with Crippen LogP contribution in [0.25, 0.3) is 10.1 Å². The van der Waals surface area contributed by atoms with E-state index in [0.717, 1.165) is 44.0 Å². The Hall–Kier alpha value is -1.95. The highest BCUT2D eigenvalue weighted by molar-refractivity contribution is 7.19. The summed E-state index contributed by atoms with van der Waals surface area (Å²) in [4.78, 5) is 5.95. The van der Waals surface area contributed by atoms with E-state index in [2.05, 4.69) is 34.1 Å². The molecule has 0 radical (unpaired) electrons. The maximum Gasteiger partial charge on any atom is 0.123 e. The van der Waals surface area contributed by atoms with Crippen LogP contribution in [0.4, 0.5) is 10.1 Å². The molecular formula is C21H23FN2OS. The van der Waals surface area contributed by atoms with Gasteiger partial charge in [0.05, 0.1) is 6.61 Å². The lowest BCUT2D eigenvalue weighted by atomic mass is 10.1. The van der Waals surface area contributed by atoms with Crippen molar-refractivity contribution in [3.63, 3.8) is 0 Å². The van der Waals surface area contributed by atoms with Crippen molar-refractivity contribution in [2.24, 2.45) is 0 Å². The number of fused-ring (bicyclic) bond motifs is 1. The molecule has 136 valence electrons. The highest BCUT2D eigenvalue weighted by Crippen LogP contribution is 2.33. The van der Waals surface area contributed by atoms with Crippen molar-refractivity contribution in [2.75, 3.05) is 37.6 Å². The number of rotatable bonds is 5. The smallest absolute Gasteiger partial charge is 0.123 e. The summed E-state index contributed by atoms with van der Waals surface area (Å²) in [6.45, 7) is 5.20. The Morgan fingerprint density at radius 1 is 1.00 bits per heavy atom. The fraction of sp³-hybridized carbons (Fsp3) is 0.333. The zero-order valence-corrected chi connectivity index (χ0v) is 15.5. The fourth-order valence-electron chi connectivity index (χ4n) is 3.60. The second-order valence-corrected chi connectivity index (χ2v) is 7.93. The van der Waals surface area contributed by atoms with Crippen molar-refractivity contribution in [1.29, 1.82) is 0 Å². The number of halogens is 1. The minimum Gasteiger partial charge on any atom is -0.391 e. The summed E-state index contributed by atoms with van der Waals surface area (Å²) in [6, 6.07) is 15.4. The molecular weight excluding hydrogens is 347 g/mol. The lowest BCUT2D eigenvalue weighted by molar-refractivity contribution is 0.261. The molecule has 1 aliphatic heterocycles. The van der Waals surface area contributed by atoms with Crippen LogP contribution in [0.3, 0.4) is 0 Å². The van der Waals surface area contributed by atoms with Gasteiger partial charge in [-0.1, -0.05) is 18.2 Å². The predicted octanol–water partition coefficient (Wildman–Crippen LogP) is 3.90. The summed E-state index contributed by atoms with van der Waals surface area (Å²) in [5, 5.41) is 10.7. The summed E-state index contributed by atoms with van der Waals surface area (Å²) >= 11 is 1.67. The molecule has 0 unspecified atom stereocenters. The zero-order valence-electron chi connectivity index (χ0n) is 14.7. The van der Waals surface area contributed by atoms with Crippen molar-refractivity contribution in [1.82, 2.24) is 4.90 Å². The van der Waals surface area contributed by atoms with E-state index < -0.39 is 0 Å². The summed E-state index contributed by atoms with van der Waals surface area (Å²) in [6.07, 6.45) is 0.959. The van der Waals surface area contributed by atoms with E-state index in [-0.39, 0.29) is 12.4 Å². The second kappa shape index (κ2) is 7.74. The Morgan fingerprint density at radius 3 is 2.50 bits per heavy atom. The van der Waals surface area contributed by atoms with Crippen LogP contribution in [0.1, 0.15) is 10.4 Å². The Bertz CT molecular complexity index is 869.